The summed E-state index contributed by atoms with van der Waals surface area (Å²) in [5.74, 6) is 0.490. The number of alkyl halides is 3. The topological polar surface area (TPSA) is 94.6 Å². The smallest absolute Gasteiger partial charge is 0.382 e. The Morgan fingerprint density at radius 2 is 1.74 bits per heavy atom. The fraction of sp³-hybridized carbons (Fsp3) is 0.379. The van der Waals surface area contributed by atoms with Crippen LogP contribution < -0.4 is 5.73 Å². The zero-order valence-electron chi connectivity index (χ0n) is 23.2. The van der Waals surface area contributed by atoms with Crippen molar-refractivity contribution in [2.75, 3.05) is 18.9 Å². The van der Waals surface area contributed by atoms with Crippen LogP contribution in [-0.4, -0.2) is 44.2 Å². The molecule has 0 saturated carbocycles. The second kappa shape index (κ2) is 25.1. The first-order chi connectivity index (χ1) is 18.2. The minimum atomic E-state index is -4.22. The molecule has 0 bridgehead atoms. The molecule has 9 heteroatoms. The number of aliphatic imine (C=N–C) groups is 1. The monoisotopic (exact) mass is 537 g/mol. The number of ether oxygens (including phenoxy) is 1. The highest BCUT2D eigenvalue weighted by atomic mass is 19.4. The van der Waals surface area contributed by atoms with E-state index >= 15 is 0 Å². The van der Waals surface area contributed by atoms with Crippen LogP contribution >= 0.6 is 0 Å². The molecule has 0 spiro atoms. The predicted molar refractivity (Wildman–Crippen MR) is 154 cm³/mol. The van der Waals surface area contributed by atoms with E-state index in [1.807, 2.05) is 58.8 Å². The molecule has 0 atom stereocenters. The van der Waals surface area contributed by atoms with Gasteiger partial charge >= 0.3 is 6.18 Å². The number of carbonyl (C=O) groups excluding carboxylic acids is 2. The summed E-state index contributed by atoms with van der Waals surface area (Å²) >= 11 is 0. The van der Waals surface area contributed by atoms with Crippen LogP contribution in [-0.2, 0) is 14.3 Å². The Hall–Kier alpha value is -3.59. The van der Waals surface area contributed by atoms with Crippen LogP contribution in [0.15, 0.2) is 65.7 Å². The van der Waals surface area contributed by atoms with Crippen molar-refractivity contribution in [3.8, 4) is 0 Å². The number of para-hydroxylation sites is 1. The second-order valence-corrected chi connectivity index (χ2v) is 7.07. The molecule has 0 radical (unpaired) electrons. The van der Waals surface area contributed by atoms with E-state index in [1.165, 1.54) is 12.2 Å². The number of allylic oxidation sites excluding steroid dienone is 5. The Morgan fingerprint density at radius 1 is 1.13 bits per heavy atom. The molecule has 2 rings (SSSR count). The molecular weight excluding hydrogens is 495 g/mol. The lowest BCUT2D eigenvalue weighted by molar-refractivity contribution is -0.0987. The quantitative estimate of drug-likeness (QED) is 0.199. The predicted octanol–water partition coefficient (Wildman–Crippen LogP) is 7.93. The van der Waals surface area contributed by atoms with Gasteiger partial charge in [0.2, 0.25) is 0 Å². The number of unbranched alkanes of at least 4 members (excludes halogenated alkanes) is 1. The van der Waals surface area contributed by atoms with Crippen LogP contribution in [0.2, 0.25) is 0 Å². The van der Waals surface area contributed by atoms with Gasteiger partial charge in [0.15, 0.2) is 0 Å². The Labute approximate surface area is 225 Å². The molecule has 0 fully saturated rings. The molecule has 212 valence electrons. The van der Waals surface area contributed by atoms with Crippen LogP contribution in [0.25, 0.3) is 10.9 Å². The van der Waals surface area contributed by atoms with E-state index in [0.717, 1.165) is 60.7 Å². The van der Waals surface area contributed by atoms with Crippen molar-refractivity contribution in [1.29, 1.82) is 0 Å². The van der Waals surface area contributed by atoms with E-state index in [2.05, 4.69) is 29.5 Å². The molecule has 0 amide bonds. The van der Waals surface area contributed by atoms with E-state index in [4.69, 9.17) is 20.1 Å². The van der Waals surface area contributed by atoms with Gasteiger partial charge in [-0.15, -0.1) is 0 Å². The largest absolute Gasteiger partial charge is 0.409 e. The Kier molecular flexibility index (Phi) is 25.7. The first kappa shape index (κ1) is 38.9. The van der Waals surface area contributed by atoms with Gasteiger partial charge in [0.25, 0.3) is 0 Å². The number of hydrogen-bond acceptors (Lipinski definition) is 6. The second-order valence-electron chi connectivity index (χ2n) is 7.07. The zero-order chi connectivity index (χ0) is 30.0. The van der Waals surface area contributed by atoms with Gasteiger partial charge in [-0.3, -0.25) is 4.99 Å². The highest BCUT2D eigenvalue weighted by Crippen LogP contribution is 2.30. The highest BCUT2D eigenvalue weighted by molar-refractivity contribution is 5.90. The summed E-state index contributed by atoms with van der Waals surface area (Å²) in [5, 5.41) is 1.10. The molecule has 0 unspecified atom stereocenters. The standard InChI is InChI=1S/C17H23N3O.C8H9F3.C2H6.2CH2O/c1-3-11-21-12-7-6-10-19-16-13(2)14-8-4-5-9-15(14)20-17(16)18;1-3-7(2)5-4-6-8(9,10)11;3*1-2/h4-5,8-10H,3,6-7,11-12H2,1-2H3,(H2,18,20);3-6H,1H2,2H3;1-2H3;2*1H2/b;6-4+,7-5-;;;. The maximum Gasteiger partial charge on any atom is 0.409 e. The molecular formula is C29H42F3N3O3. The summed E-state index contributed by atoms with van der Waals surface area (Å²) in [5.41, 5.74) is 9.49. The van der Waals surface area contributed by atoms with Crippen molar-refractivity contribution in [3.63, 3.8) is 0 Å². The van der Waals surface area contributed by atoms with Crippen molar-refractivity contribution >= 4 is 42.2 Å². The third kappa shape index (κ3) is 18.6. The average molecular weight is 538 g/mol. The first-order valence-electron chi connectivity index (χ1n) is 12.1. The number of aryl methyl sites for hydroxylation is 1. The number of nitrogens with two attached hydrogens (primary N) is 1. The molecule has 6 nitrogen and oxygen atoms in total. The number of nitrogens with zero attached hydrogens (tertiary/aromatic N) is 2. The number of fused-ring (bicyclic) bond motifs is 1. The minimum Gasteiger partial charge on any atom is -0.382 e. The highest BCUT2D eigenvalue weighted by Gasteiger charge is 2.21. The number of anilines is 1. The normalized spacial score (nSPS) is 10.8. The molecule has 38 heavy (non-hydrogen) atoms. The molecule has 1 aromatic heterocycles. The van der Waals surface area contributed by atoms with Gasteiger partial charge in [0.05, 0.1) is 5.52 Å². The van der Waals surface area contributed by atoms with E-state index in [1.54, 1.807) is 6.92 Å². The zero-order valence-corrected chi connectivity index (χ0v) is 23.2. The number of rotatable bonds is 9. The number of benzene rings is 1. The molecule has 0 aliphatic carbocycles. The Morgan fingerprint density at radius 3 is 2.29 bits per heavy atom. The number of carbonyl (C=O) groups is 2. The van der Waals surface area contributed by atoms with Gasteiger partial charge in [-0.25, -0.2) is 4.98 Å². The average Bonchev–Trinajstić information content (AvgIpc) is 2.92. The number of hydrogen-bond donors (Lipinski definition) is 1. The maximum atomic E-state index is 11.5. The van der Waals surface area contributed by atoms with Gasteiger partial charge in [0.1, 0.15) is 25.1 Å². The fourth-order valence-electron chi connectivity index (χ4n) is 2.61. The number of pyridine rings is 1. The number of nitrogen functional groups attached to an aromatic ring is 1. The van der Waals surface area contributed by atoms with Gasteiger partial charge in [-0.1, -0.05) is 69.4 Å². The van der Waals surface area contributed by atoms with Gasteiger partial charge < -0.3 is 20.1 Å². The van der Waals surface area contributed by atoms with Gasteiger partial charge in [-0.2, -0.15) is 13.2 Å². The molecule has 2 aromatic rings. The van der Waals surface area contributed by atoms with Gasteiger partial charge in [0, 0.05) is 30.9 Å². The third-order valence-electron chi connectivity index (χ3n) is 4.30. The van der Waals surface area contributed by atoms with Crippen LogP contribution in [0.4, 0.5) is 24.7 Å². The number of halogens is 3. The van der Waals surface area contributed by atoms with Crippen molar-refractivity contribution in [2.45, 2.75) is 60.1 Å². The van der Waals surface area contributed by atoms with Gasteiger partial charge in [-0.05, 0) is 44.7 Å². The molecule has 0 aliphatic rings. The van der Waals surface area contributed by atoms with Crippen molar-refractivity contribution in [1.82, 2.24) is 4.98 Å². The van der Waals surface area contributed by atoms with Crippen LogP contribution in [0.5, 0.6) is 0 Å². The van der Waals surface area contributed by atoms with Crippen LogP contribution in [0, 0.1) is 6.92 Å². The lowest BCUT2D eigenvalue weighted by Gasteiger charge is -2.08. The lowest BCUT2D eigenvalue weighted by Crippen LogP contribution is -1.99. The Balaban J connectivity index is -0.000000612. The fourth-order valence-corrected chi connectivity index (χ4v) is 2.61. The lowest BCUT2D eigenvalue weighted by atomic mass is 10.1. The third-order valence-corrected chi connectivity index (χ3v) is 4.30. The summed E-state index contributed by atoms with van der Waals surface area (Å²) < 4.78 is 39.8. The minimum absolute atomic E-state index is 0.181. The first-order valence-corrected chi connectivity index (χ1v) is 12.1. The SMILES string of the molecule is C=C/C(C)=C\C=C\C(F)(F)F.C=O.C=O.CC.CCCOCCCC=Nc1c(N)nc2ccccc2c1C. The van der Waals surface area contributed by atoms with Crippen LogP contribution in [0.3, 0.4) is 0 Å². The molecule has 1 aromatic carbocycles. The van der Waals surface area contributed by atoms with Crippen molar-refractivity contribution in [2.24, 2.45) is 4.99 Å². The van der Waals surface area contributed by atoms with Crippen molar-refractivity contribution < 1.29 is 27.5 Å². The molecule has 2 N–H and O–H groups in total. The van der Waals surface area contributed by atoms with E-state index in [9.17, 15) is 13.2 Å². The summed E-state index contributed by atoms with van der Waals surface area (Å²) in [4.78, 5) is 24.9. The van der Waals surface area contributed by atoms with Crippen LogP contribution in [0.1, 0.15) is 52.5 Å². The number of aromatic nitrogens is 1. The van der Waals surface area contributed by atoms with E-state index in [-0.39, 0.29) is 6.08 Å². The maximum absolute atomic E-state index is 11.5. The summed E-state index contributed by atoms with van der Waals surface area (Å²) in [6, 6.07) is 7.99. The summed E-state index contributed by atoms with van der Waals surface area (Å²) in [6.07, 6.45) is 4.58. The van der Waals surface area contributed by atoms with E-state index in [0.29, 0.717) is 11.4 Å². The Bertz CT molecular complexity index is 986. The summed E-state index contributed by atoms with van der Waals surface area (Å²) in [6.45, 7) is 18.8. The van der Waals surface area contributed by atoms with E-state index < -0.39 is 6.18 Å². The molecule has 0 saturated heterocycles. The molecule has 0 aliphatic heterocycles. The molecule has 1 heterocycles. The summed E-state index contributed by atoms with van der Waals surface area (Å²) in [7, 11) is 0. The van der Waals surface area contributed by atoms with Crippen molar-refractivity contribution in [3.05, 3.63) is 66.3 Å².